The number of fused-ring (bicyclic) bond motifs is 1. The van der Waals surface area contributed by atoms with Crippen LogP contribution in [0, 0.1) is 0 Å². The van der Waals surface area contributed by atoms with E-state index in [4.69, 9.17) is 4.99 Å². The van der Waals surface area contributed by atoms with Gasteiger partial charge >= 0.3 is 0 Å². The molecular formula is C23H18N4OS2. The first-order valence-corrected chi connectivity index (χ1v) is 11.1. The van der Waals surface area contributed by atoms with Gasteiger partial charge in [-0.2, -0.15) is 0 Å². The quantitative estimate of drug-likeness (QED) is 0.531. The highest BCUT2D eigenvalue weighted by atomic mass is 32.2. The van der Waals surface area contributed by atoms with Crippen LogP contribution in [0.5, 0.6) is 0 Å². The molecule has 1 aromatic heterocycles. The van der Waals surface area contributed by atoms with Gasteiger partial charge in [0.15, 0.2) is 5.17 Å². The van der Waals surface area contributed by atoms with E-state index in [9.17, 15) is 4.79 Å². The smallest absolute Gasteiger partial charge is 0.269 e. The van der Waals surface area contributed by atoms with Crippen LogP contribution in [0.3, 0.4) is 0 Å². The SMILES string of the molecule is CN1C(=C2SC(=Nc3ccncc3)N(Cc3ccccc3)C2=O)Sc2ccccc21. The summed E-state index contributed by atoms with van der Waals surface area (Å²) in [4.78, 5) is 28.1. The molecule has 2 aliphatic rings. The minimum atomic E-state index is -0.0150. The number of anilines is 1. The van der Waals surface area contributed by atoms with Crippen molar-refractivity contribution in [1.82, 2.24) is 9.88 Å². The summed E-state index contributed by atoms with van der Waals surface area (Å²) in [5.74, 6) is -0.0150. The average molecular weight is 431 g/mol. The summed E-state index contributed by atoms with van der Waals surface area (Å²) in [7, 11) is 2.01. The van der Waals surface area contributed by atoms with Crippen molar-refractivity contribution >= 4 is 46.0 Å². The maximum atomic E-state index is 13.5. The molecule has 0 aliphatic carbocycles. The normalized spacial score (nSPS) is 19.6. The molecule has 0 saturated carbocycles. The van der Waals surface area contributed by atoms with Gasteiger partial charge in [0, 0.05) is 24.3 Å². The number of para-hydroxylation sites is 1. The molecule has 2 aliphatic heterocycles. The van der Waals surface area contributed by atoms with Gasteiger partial charge in [-0.05, 0) is 41.6 Å². The number of amides is 1. The van der Waals surface area contributed by atoms with Crippen LogP contribution >= 0.6 is 23.5 Å². The van der Waals surface area contributed by atoms with Crippen LogP contribution in [0.2, 0.25) is 0 Å². The summed E-state index contributed by atoms with van der Waals surface area (Å²) in [6.45, 7) is 0.481. The lowest BCUT2D eigenvalue weighted by molar-refractivity contribution is -0.122. The van der Waals surface area contributed by atoms with Crippen molar-refractivity contribution in [3.63, 3.8) is 0 Å². The van der Waals surface area contributed by atoms with Crippen LogP contribution in [0.1, 0.15) is 5.56 Å². The molecule has 1 fully saturated rings. The molecule has 7 heteroatoms. The van der Waals surface area contributed by atoms with Crippen LogP contribution in [-0.2, 0) is 11.3 Å². The van der Waals surface area contributed by atoms with E-state index in [0.717, 1.165) is 26.9 Å². The first-order chi connectivity index (χ1) is 14.7. The largest absolute Gasteiger partial charge is 0.337 e. The number of carbonyl (C=O) groups is 1. The lowest BCUT2D eigenvalue weighted by Gasteiger charge is -2.16. The highest BCUT2D eigenvalue weighted by Crippen LogP contribution is 2.50. The molecule has 0 bridgehead atoms. The molecule has 0 unspecified atom stereocenters. The Hall–Kier alpha value is -3.03. The van der Waals surface area contributed by atoms with Gasteiger partial charge in [0.2, 0.25) is 0 Å². The number of benzene rings is 2. The van der Waals surface area contributed by atoms with Crippen molar-refractivity contribution in [2.75, 3.05) is 11.9 Å². The number of aliphatic imine (C=N–C) groups is 1. The number of pyridine rings is 1. The fraction of sp³-hybridized carbons (Fsp3) is 0.0870. The Kier molecular flexibility index (Phi) is 5.06. The fourth-order valence-electron chi connectivity index (χ4n) is 3.35. The van der Waals surface area contributed by atoms with Gasteiger partial charge in [-0.25, -0.2) is 4.99 Å². The molecule has 2 aromatic carbocycles. The molecule has 5 nitrogen and oxygen atoms in total. The Morgan fingerprint density at radius 3 is 2.43 bits per heavy atom. The molecule has 1 amide bonds. The zero-order valence-corrected chi connectivity index (χ0v) is 17.9. The van der Waals surface area contributed by atoms with Crippen molar-refractivity contribution < 1.29 is 4.79 Å². The van der Waals surface area contributed by atoms with E-state index in [1.807, 2.05) is 61.6 Å². The summed E-state index contributed by atoms with van der Waals surface area (Å²) in [5, 5.41) is 1.63. The summed E-state index contributed by atoms with van der Waals surface area (Å²) in [6.07, 6.45) is 3.41. The second-order valence-electron chi connectivity index (χ2n) is 6.84. The van der Waals surface area contributed by atoms with E-state index in [1.54, 1.807) is 29.1 Å². The number of rotatable bonds is 3. The Morgan fingerprint density at radius 2 is 1.67 bits per heavy atom. The molecule has 0 radical (unpaired) electrons. The van der Waals surface area contributed by atoms with Gasteiger partial charge in [0.1, 0.15) is 4.91 Å². The number of amidine groups is 1. The Morgan fingerprint density at radius 1 is 0.933 bits per heavy atom. The summed E-state index contributed by atoms with van der Waals surface area (Å²) >= 11 is 3.07. The van der Waals surface area contributed by atoms with Crippen molar-refractivity contribution in [2.45, 2.75) is 11.4 Å². The molecule has 1 saturated heterocycles. The van der Waals surface area contributed by atoms with Gasteiger partial charge in [0.25, 0.3) is 5.91 Å². The summed E-state index contributed by atoms with van der Waals surface area (Å²) in [5.41, 5.74) is 2.96. The molecular weight excluding hydrogens is 412 g/mol. The molecule has 5 rings (SSSR count). The molecule has 3 aromatic rings. The molecule has 0 spiro atoms. The average Bonchev–Trinajstić information content (AvgIpc) is 3.27. The monoisotopic (exact) mass is 430 g/mol. The zero-order valence-electron chi connectivity index (χ0n) is 16.2. The van der Waals surface area contributed by atoms with Crippen LogP contribution < -0.4 is 4.90 Å². The standard InChI is InChI=1S/C23H18N4OS2/c1-26-18-9-5-6-10-19(18)29-22(26)20-21(28)27(15-16-7-3-2-4-8-16)23(30-20)25-17-11-13-24-14-12-17/h2-14H,15H2,1H3. The van der Waals surface area contributed by atoms with E-state index < -0.39 is 0 Å². The van der Waals surface area contributed by atoms with Crippen LogP contribution in [0.15, 0.2) is 98.9 Å². The van der Waals surface area contributed by atoms with Crippen molar-refractivity contribution in [3.05, 3.63) is 94.6 Å². The number of thioether (sulfide) groups is 2. The maximum Gasteiger partial charge on any atom is 0.269 e. The first-order valence-electron chi connectivity index (χ1n) is 9.48. The number of nitrogens with zero attached hydrogens (tertiary/aromatic N) is 4. The first kappa shape index (κ1) is 19.0. The van der Waals surface area contributed by atoms with E-state index >= 15 is 0 Å². The van der Waals surface area contributed by atoms with E-state index in [2.05, 4.69) is 22.0 Å². The lowest BCUT2D eigenvalue weighted by atomic mass is 10.2. The van der Waals surface area contributed by atoms with Gasteiger partial charge in [-0.15, -0.1) is 0 Å². The summed E-state index contributed by atoms with van der Waals surface area (Å²) in [6, 6.07) is 21.9. The van der Waals surface area contributed by atoms with Crippen molar-refractivity contribution in [3.8, 4) is 0 Å². The Bertz CT molecular complexity index is 1160. The molecule has 3 heterocycles. The third-order valence-corrected chi connectivity index (χ3v) is 7.30. The minimum Gasteiger partial charge on any atom is -0.337 e. The predicted octanol–water partition coefficient (Wildman–Crippen LogP) is 5.26. The van der Waals surface area contributed by atoms with Gasteiger partial charge in [-0.3, -0.25) is 14.7 Å². The topological polar surface area (TPSA) is 48.8 Å². The van der Waals surface area contributed by atoms with Gasteiger partial charge < -0.3 is 4.90 Å². The number of hydrogen-bond donors (Lipinski definition) is 0. The van der Waals surface area contributed by atoms with Gasteiger partial charge in [0.05, 0.1) is 22.9 Å². The number of hydrogen-bond acceptors (Lipinski definition) is 6. The Balaban J connectivity index is 1.55. The maximum absolute atomic E-state index is 13.5. The van der Waals surface area contributed by atoms with E-state index in [0.29, 0.717) is 16.6 Å². The highest BCUT2D eigenvalue weighted by Gasteiger charge is 2.39. The lowest BCUT2D eigenvalue weighted by Crippen LogP contribution is -2.29. The van der Waals surface area contributed by atoms with Crippen molar-refractivity contribution in [2.24, 2.45) is 4.99 Å². The van der Waals surface area contributed by atoms with Crippen LogP contribution in [-0.4, -0.2) is 28.0 Å². The predicted molar refractivity (Wildman–Crippen MR) is 124 cm³/mol. The molecule has 0 N–H and O–H groups in total. The minimum absolute atomic E-state index is 0.0150. The fourth-order valence-corrected chi connectivity index (χ4v) is 5.70. The Labute approximate surface area is 183 Å². The number of carbonyl (C=O) groups excluding carboxylic acids is 1. The van der Waals surface area contributed by atoms with Crippen LogP contribution in [0.25, 0.3) is 0 Å². The second kappa shape index (κ2) is 8.01. The van der Waals surface area contributed by atoms with Crippen LogP contribution in [0.4, 0.5) is 11.4 Å². The van der Waals surface area contributed by atoms with Crippen molar-refractivity contribution in [1.29, 1.82) is 0 Å². The van der Waals surface area contributed by atoms with Gasteiger partial charge in [-0.1, -0.05) is 54.2 Å². The number of aromatic nitrogens is 1. The summed E-state index contributed by atoms with van der Waals surface area (Å²) < 4.78 is 0. The third kappa shape index (κ3) is 3.51. The third-order valence-electron chi connectivity index (χ3n) is 4.87. The molecule has 30 heavy (non-hydrogen) atoms. The molecule has 0 atom stereocenters. The van der Waals surface area contributed by atoms with E-state index in [-0.39, 0.29) is 5.91 Å². The highest BCUT2D eigenvalue weighted by molar-refractivity contribution is 8.19. The molecule has 148 valence electrons. The zero-order chi connectivity index (χ0) is 20.5. The second-order valence-corrected chi connectivity index (χ2v) is 8.85. The van der Waals surface area contributed by atoms with E-state index in [1.165, 1.54) is 11.8 Å².